The highest BCUT2D eigenvalue weighted by Crippen LogP contribution is 2.33. The van der Waals surface area contributed by atoms with Crippen LogP contribution in [0.25, 0.3) is 11.4 Å². The second-order valence-corrected chi connectivity index (χ2v) is 7.07. The van der Waals surface area contributed by atoms with E-state index in [1.165, 1.54) is 12.1 Å². The first kappa shape index (κ1) is 22.8. The molecule has 29 heavy (non-hydrogen) atoms. The largest absolute Gasteiger partial charge is 0.427 e. The van der Waals surface area contributed by atoms with E-state index in [-0.39, 0.29) is 12.2 Å². The van der Waals surface area contributed by atoms with Crippen molar-refractivity contribution in [3.8, 4) is 17.1 Å². The number of rotatable bonds is 11. The van der Waals surface area contributed by atoms with Gasteiger partial charge in [0.15, 0.2) is 5.82 Å². The van der Waals surface area contributed by atoms with Gasteiger partial charge in [-0.2, -0.15) is 13.2 Å². The Morgan fingerprint density at radius 3 is 2.24 bits per heavy atom. The number of benzene rings is 1. The maximum atomic E-state index is 13.3. The standard InChI is InChI=1S/C22H27F3N2O2/c1-2-3-4-5-6-7-9-18(22(23,24)25)16-20(28)29-19-12-10-17(11-13-19)21-26-14-8-15-27-21/h8,10-15,18H,2-7,9,16H2,1H3. The number of ether oxygens (including phenoxy) is 1. The summed E-state index contributed by atoms with van der Waals surface area (Å²) in [4.78, 5) is 20.3. The third-order valence-corrected chi connectivity index (χ3v) is 4.69. The van der Waals surface area contributed by atoms with Gasteiger partial charge in [-0.05, 0) is 36.8 Å². The summed E-state index contributed by atoms with van der Waals surface area (Å²) in [6, 6.07) is 8.08. The van der Waals surface area contributed by atoms with E-state index in [0.717, 1.165) is 37.7 Å². The van der Waals surface area contributed by atoms with Crippen LogP contribution in [0.2, 0.25) is 0 Å². The number of alkyl halides is 3. The lowest BCUT2D eigenvalue weighted by Crippen LogP contribution is -2.27. The minimum Gasteiger partial charge on any atom is -0.427 e. The highest BCUT2D eigenvalue weighted by Gasteiger charge is 2.40. The minimum atomic E-state index is -4.41. The van der Waals surface area contributed by atoms with Crippen molar-refractivity contribution in [1.29, 1.82) is 0 Å². The topological polar surface area (TPSA) is 52.1 Å². The number of halogens is 3. The molecule has 1 aromatic carbocycles. The van der Waals surface area contributed by atoms with Gasteiger partial charge in [0.1, 0.15) is 5.75 Å². The molecule has 0 amide bonds. The zero-order valence-corrected chi connectivity index (χ0v) is 16.6. The Balaban J connectivity index is 1.85. The van der Waals surface area contributed by atoms with Gasteiger partial charge in [-0.3, -0.25) is 4.79 Å². The van der Waals surface area contributed by atoms with Crippen LogP contribution in [0.15, 0.2) is 42.7 Å². The molecule has 1 unspecified atom stereocenters. The molecule has 158 valence electrons. The summed E-state index contributed by atoms with van der Waals surface area (Å²) in [5.41, 5.74) is 0.724. The molecule has 0 bridgehead atoms. The highest BCUT2D eigenvalue weighted by atomic mass is 19.4. The fourth-order valence-corrected chi connectivity index (χ4v) is 3.05. The van der Waals surface area contributed by atoms with E-state index >= 15 is 0 Å². The zero-order chi connectivity index (χ0) is 21.1. The van der Waals surface area contributed by atoms with Crippen LogP contribution >= 0.6 is 0 Å². The van der Waals surface area contributed by atoms with E-state index < -0.39 is 24.5 Å². The summed E-state index contributed by atoms with van der Waals surface area (Å²) in [6.07, 6.45) is 3.49. The number of esters is 1. The number of nitrogens with zero attached hydrogens (tertiary/aromatic N) is 2. The lowest BCUT2D eigenvalue weighted by molar-refractivity contribution is -0.183. The fraction of sp³-hybridized carbons (Fsp3) is 0.500. The smallest absolute Gasteiger partial charge is 0.392 e. The molecule has 7 heteroatoms. The van der Waals surface area contributed by atoms with Crippen molar-refractivity contribution in [2.75, 3.05) is 0 Å². The fourth-order valence-electron chi connectivity index (χ4n) is 3.05. The van der Waals surface area contributed by atoms with Gasteiger partial charge in [0.2, 0.25) is 0 Å². The van der Waals surface area contributed by atoms with Crippen LogP contribution in [-0.2, 0) is 4.79 Å². The van der Waals surface area contributed by atoms with Crippen molar-refractivity contribution >= 4 is 5.97 Å². The van der Waals surface area contributed by atoms with Crippen LogP contribution in [0.5, 0.6) is 5.75 Å². The molecular formula is C22H27F3N2O2. The van der Waals surface area contributed by atoms with Crippen molar-refractivity contribution in [3.63, 3.8) is 0 Å². The van der Waals surface area contributed by atoms with Gasteiger partial charge in [-0.25, -0.2) is 9.97 Å². The Morgan fingerprint density at radius 2 is 1.62 bits per heavy atom. The quantitative estimate of drug-likeness (QED) is 0.246. The lowest BCUT2D eigenvalue weighted by atomic mass is 9.96. The second-order valence-electron chi connectivity index (χ2n) is 7.07. The lowest BCUT2D eigenvalue weighted by Gasteiger charge is -2.19. The number of unbranched alkanes of at least 4 members (excludes halogenated alkanes) is 5. The van der Waals surface area contributed by atoms with Crippen LogP contribution in [-0.4, -0.2) is 22.1 Å². The number of aromatic nitrogens is 2. The Labute approximate surface area is 169 Å². The predicted octanol–water partition coefficient (Wildman–Crippen LogP) is 6.37. The molecule has 0 saturated heterocycles. The number of hydrogen-bond acceptors (Lipinski definition) is 4. The van der Waals surface area contributed by atoms with E-state index in [1.807, 2.05) is 0 Å². The van der Waals surface area contributed by atoms with Crippen LogP contribution in [0.3, 0.4) is 0 Å². The SMILES string of the molecule is CCCCCCCCC(CC(=O)Oc1ccc(-c2ncccn2)cc1)C(F)(F)F. The van der Waals surface area contributed by atoms with Gasteiger partial charge in [-0.1, -0.05) is 45.4 Å². The first-order valence-electron chi connectivity index (χ1n) is 10.0. The number of hydrogen-bond donors (Lipinski definition) is 0. The van der Waals surface area contributed by atoms with Crippen molar-refractivity contribution in [1.82, 2.24) is 9.97 Å². The van der Waals surface area contributed by atoms with Crippen molar-refractivity contribution in [2.45, 2.75) is 64.5 Å². The van der Waals surface area contributed by atoms with Gasteiger partial charge < -0.3 is 4.74 Å². The molecule has 0 aliphatic rings. The molecular weight excluding hydrogens is 381 g/mol. The number of carbonyl (C=O) groups is 1. The van der Waals surface area contributed by atoms with Crippen LogP contribution in [0, 0.1) is 5.92 Å². The van der Waals surface area contributed by atoms with Crippen molar-refractivity contribution in [3.05, 3.63) is 42.7 Å². The first-order valence-corrected chi connectivity index (χ1v) is 10.0. The Hall–Kier alpha value is -2.44. The number of carbonyl (C=O) groups excluding carboxylic acids is 1. The Bertz CT molecular complexity index is 734. The average Bonchev–Trinajstić information content (AvgIpc) is 2.70. The molecule has 0 fully saturated rings. The van der Waals surface area contributed by atoms with Crippen LogP contribution < -0.4 is 4.74 Å². The van der Waals surface area contributed by atoms with Gasteiger partial charge in [0.05, 0.1) is 12.3 Å². The molecule has 4 nitrogen and oxygen atoms in total. The monoisotopic (exact) mass is 408 g/mol. The van der Waals surface area contributed by atoms with Gasteiger partial charge >= 0.3 is 12.1 Å². The molecule has 0 aliphatic heterocycles. The molecule has 1 atom stereocenters. The van der Waals surface area contributed by atoms with Gasteiger partial charge in [0, 0.05) is 18.0 Å². The third kappa shape index (κ3) is 8.21. The maximum absolute atomic E-state index is 13.3. The molecule has 2 rings (SSSR count). The van der Waals surface area contributed by atoms with E-state index in [0.29, 0.717) is 12.2 Å². The summed E-state index contributed by atoms with van der Waals surface area (Å²) in [5, 5.41) is 0. The predicted molar refractivity (Wildman–Crippen MR) is 105 cm³/mol. The Morgan fingerprint density at radius 1 is 1.00 bits per heavy atom. The Kier molecular flexibility index (Phi) is 9.09. The normalized spacial score (nSPS) is 12.6. The average molecular weight is 408 g/mol. The van der Waals surface area contributed by atoms with E-state index in [2.05, 4.69) is 16.9 Å². The zero-order valence-electron chi connectivity index (χ0n) is 16.6. The summed E-state index contributed by atoms with van der Waals surface area (Å²) in [6.45, 7) is 2.09. The molecule has 1 heterocycles. The highest BCUT2D eigenvalue weighted by molar-refractivity contribution is 5.73. The molecule has 0 aliphatic carbocycles. The maximum Gasteiger partial charge on any atom is 0.392 e. The summed E-state index contributed by atoms with van der Waals surface area (Å²) >= 11 is 0. The summed E-state index contributed by atoms with van der Waals surface area (Å²) < 4.78 is 44.9. The van der Waals surface area contributed by atoms with Gasteiger partial charge in [-0.15, -0.1) is 0 Å². The minimum absolute atomic E-state index is 0.0466. The summed E-state index contributed by atoms with van der Waals surface area (Å²) in [7, 11) is 0. The first-order chi connectivity index (χ1) is 13.9. The third-order valence-electron chi connectivity index (χ3n) is 4.69. The molecule has 1 aromatic heterocycles. The van der Waals surface area contributed by atoms with E-state index in [9.17, 15) is 18.0 Å². The molecule has 0 radical (unpaired) electrons. The van der Waals surface area contributed by atoms with Crippen LogP contribution in [0.4, 0.5) is 13.2 Å². The van der Waals surface area contributed by atoms with E-state index in [1.54, 1.807) is 30.6 Å². The van der Waals surface area contributed by atoms with Gasteiger partial charge in [0.25, 0.3) is 0 Å². The molecule has 0 N–H and O–H groups in total. The van der Waals surface area contributed by atoms with E-state index in [4.69, 9.17) is 4.74 Å². The molecule has 0 saturated carbocycles. The molecule has 2 aromatic rings. The molecule has 0 spiro atoms. The van der Waals surface area contributed by atoms with Crippen molar-refractivity contribution < 1.29 is 22.7 Å². The second kappa shape index (κ2) is 11.5. The van der Waals surface area contributed by atoms with Crippen LogP contribution in [0.1, 0.15) is 58.3 Å². The summed E-state index contributed by atoms with van der Waals surface area (Å²) in [5.74, 6) is -1.82. The van der Waals surface area contributed by atoms with Crippen molar-refractivity contribution in [2.24, 2.45) is 5.92 Å².